The van der Waals surface area contributed by atoms with E-state index in [9.17, 15) is 13.2 Å². The van der Waals surface area contributed by atoms with E-state index in [2.05, 4.69) is 5.73 Å². The Morgan fingerprint density at radius 3 is 2.00 bits per heavy atom. The van der Waals surface area contributed by atoms with Gasteiger partial charge in [0.2, 0.25) is 5.91 Å². The van der Waals surface area contributed by atoms with Crippen molar-refractivity contribution >= 4 is 16.0 Å². The van der Waals surface area contributed by atoms with Gasteiger partial charge in [0.1, 0.15) is 0 Å². The van der Waals surface area contributed by atoms with Crippen LogP contribution in [0.4, 0.5) is 0 Å². The second kappa shape index (κ2) is 4.24. The van der Waals surface area contributed by atoms with E-state index in [-0.39, 0.29) is 31.0 Å². The van der Waals surface area contributed by atoms with Crippen LogP contribution in [-0.4, -0.2) is 24.6 Å². The van der Waals surface area contributed by atoms with Gasteiger partial charge in [-0.2, -0.15) is 8.42 Å². The van der Waals surface area contributed by atoms with Crippen LogP contribution in [0.2, 0.25) is 0 Å². The molecule has 3 N–H and O–H groups in total. The van der Waals surface area contributed by atoms with Gasteiger partial charge in [0, 0.05) is 0 Å². The number of carbonyl (C=O) groups is 1. The Hall–Kier alpha value is 0.380. The first kappa shape index (κ1) is 12.1. The number of amides is 1. The molecule has 9 heavy (non-hydrogen) atoms. The van der Waals surface area contributed by atoms with Gasteiger partial charge in [0.15, 0.2) is 5.75 Å². The maximum atomic E-state index is 9.70. The van der Waals surface area contributed by atoms with E-state index in [1.54, 1.807) is 0 Å². The Labute approximate surface area is 76.1 Å². The van der Waals surface area contributed by atoms with Gasteiger partial charge in [0.05, 0.1) is 0 Å². The van der Waals surface area contributed by atoms with E-state index in [0.717, 1.165) is 0 Å². The minimum Gasteiger partial charge on any atom is -1.00 e. The monoisotopic (exact) mass is 163 g/mol. The Balaban J connectivity index is -0.000000245. The number of nitrogens with two attached hydrogens (primary N) is 1. The molecular weight excluding hydrogens is 157 g/mol. The van der Waals surface area contributed by atoms with Crippen LogP contribution >= 0.6 is 0 Å². The third-order valence-corrected chi connectivity index (χ3v) is 0.974. The van der Waals surface area contributed by atoms with E-state index < -0.39 is 21.8 Å². The number of hydrogen-bond acceptors (Lipinski definition) is 3. The van der Waals surface area contributed by atoms with Crippen molar-refractivity contribution in [1.82, 2.24) is 0 Å². The molecule has 1 amide bonds. The number of rotatable bonds is 2. The van der Waals surface area contributed by atoms with E-state index in [4.69, 9.17) is 4.55 Å². The molecule has 0 radical (unpaired) electrons. The fourth-order valence-corrected chi connectivity index (χ4v) is 0.539. The Bertz CT molecular complexity index is 189. The van der Waals surface area contributed by atoms with Crippen molar-refractivity contribution in [1.29, 1.82) is 0 Å². The van der Waals surface area contributed by atoms with Crippen molar-refractivity contribution in [2.45, 2.75) is 0 Å². The molecule has 7 heteroatoms. The van der Waals surface area contributed by atoms with Crippen molar-refractivity contribution in [3.63, 3.8) is 0 Å². The van der Waals surface area contributed by atoms with Crippen molar-refractivity contribution in [2.75, 3.05) is 5.75 Å². The van der Waals surface area contributed by atoms with Crippen LogP contribution < -0.4 is 35.3 Å². The molecule has 0 saturated heterocycles. The van der Waals surface area contributed by atoms with Gasteiger partial charge < -0.3 is 7.16 Å². The molecule has 0 saturated carbocycles. The second-order valence-corrected chi connectivity index (χ2v) is 2.65. The molecule has 0 aliphatic carbocycles. The summed E-state index contributed by atoms with van der Waals surface area (Å²) < 4.78 is 27.3. The van der Waals surface area contributed by atoms with Crippen LogP contribution in [0.3, 0.4) is 0 Å². The minimum absolute atomic E-state index is 0. The van der Waals surface area contributed by atoms with Gasteiger partial charge in [0.25, 0.3) is 10.1 Å². The normalized spacial score (nSPS) is 9.89. The summed E-state index contributed by atoms with van der Waals surface area (Å²) in [5.41, 5.74) is 4.40. The maximum Gasteiger partial charge on any atom is 1.00 e. The van der Waals surface area contributed by atoms with Crippen LogP contribution in [0.5, 0.6) is 0 Å². The summed E-state index contributed by atoms with van der Waals surface area (Å²) in [4.78, 5) is 9.70. The summed E-state index contributed by atoms with van der Waals surface area (Å²) >= 11 is 0. The van der Waals surface area contributed by atoms with Crippen molar-refractivity contribution in [3.8, 4) is 0 Å². The summed E-state index contributed by atoms with van der Waals surface area (Å²) in [6.07, 6.45) is 0. The van der Waals surface area contributed by atoms with E-state index in [1.165, 1.54) is 0 Å². The molecule has 50 valence electrons. The predicted molar refractivity (Wildman–Crippen MR) is 26.7 cm³/mol. The van der Waals surface area contributed by atoms with E-state index in [0.29, 0.717) is 0 Å². The molecule has 0 unspecified atom stereocenters. The third-order valence-electron chi connectivity index (χ3n) is 0.325. The molecule has 0 aliphatic heterocycles. The molecule has 0 aromatic carbocycles. The third kappa shape index (κ3) is 11.8. The van der Waals surface area contributed by atoms with Gasteiger partial charge >= 0.3 is 29.6 Å². The summed E-state index contributed by atoms with van der Waals surface area (Å²) in [5, 5.41) is 0. The standard InChI is InChI=1S/C2H5NO4S.Na.H/c3-2(4)1-8(5,6)7;;/h1H2,(H2,3,4)(H,5,6,7);;/q;+1;-1. The summed E-state index contributed by atoms with van der Waals surface area (Å²) in [7, 11) is -4.20. The molecule has 0 rings (SSSR count). The molecule has 0 fully saturated rings. The largest absolute Gasteiger partial charge is 1.00 e. The topological polar surface area (TPSA) is 97.5 Å². The summed E-state index contributed by atoms with van der Waals surface area (Å²) in [5.74, 6) is -2.07. The van der Waals surface area contributed by atoms with Gasteiger partial charge in [-0.1, -0.05) is 0 Å². The van der Waals surface area contributed by atoms with E-state index >= 15 is 0 Å². The van der Waals surface area contributed by atoms with E-state index in [1.807, 2.05) is 0 Å². The fraction of sp³-hybridized carbons (Fsp3) is 0.500. The first-order valence-electron chi connectivity index (χ1n) is 1.65. The summed E-state index contributed by atoms with van der Waals surface area (Å²) in [6.45, 7) is 0. The number of primary amides is 1. The zero-order valence-corrected chi connectivity index (χ0v) is 7.68. The average Bonchev–Trinajstić information content (AvgIpc) is 1.21. The first-order valence-corrected chi connectivity index (χ1v) is 3.26. The molecule has 0 spiro atoms. The van der Waals surface area contributed by atoms with Gasteiger partial charge in [-0.3, -0.25) is 9.35 Å². The second-order valence-electron chi connectivity index (χ2n) is 1.19. The van der Waals surface area contributed by atoms with Crippen molar-refractivity contribution in [2.24, 2.45) is 5.73 Å². The smallest absolute Gasteiger partial charge is 1.00 e. The Morgan fingerprint density at radius 1 is 1.67 bits per heavy atom. The minimum atomic E-state index is -4.20. The maximum absolute atomic E-state index is 9.70. The van der Waals surface area contributed by atoms with Crippen LogP contribution in [0, 0.1) is 0 Å². The average molecular weight is 163 g/mol. The molecule has 0 aromatic heterocycles. The molecule has 0 aromatic rings. The first-order chi connectivity index (χ1) is 3.42. The predicted octanol–water partition coefficient (Wildman–Crippen LogP) is -4.52. The van der Waals surface area contributed by atoms with Gasteiger partial charge in [-0.25, -0.2) is 0 Å². The molecule has 5 nitrogen and oxygen atoms in total. The van der Waals surface area contributed by atoms with Crippen molar-refractivity contribution in [3.05, 3.63) is 0 Å². The fourth-order valence-electron chi connectivity index (χ4n) is 0.180. The van der Waals surface area contributed by atoms with Crippen LogP contribution in [0.15, 0.2) is 0 Å². The van der Waals surface area contributed by atoms with Crippen LogP contribution in [-0.2, 0) is 14.9 Å². The molecular formula is C2H6NNaO4S. The Morgan fingerprint density at radius 2 is 2.00 bits per heavy atom. The molecule has 0 atom stereocenters. The number of hydrogen-bond donors (Lipinski definition) is 2. The zero-order chi connectivity index (χ0) is 6.78. The molecule has 0 bridgehead atoms. The van der Waals surface area contributed by atoms with Crippen molar-refractivity contribution < 1.29 is 48.7 Å². The summed E-state index contributed by atoms with van der Waals surface area (Å²) in [6, 6.07) is 0. The SMILES string of the molecule is NC(=O)CS(=O)(=O)O.[H-].[Na+]. The molecule has 0 heterocycles. The quantitative estimate of drug-likeness (QED) is 0.316. The van der Waals surface area contributed by atoms with Gasteiger partial charge in [-0.15, -0.1) is 0 Å². The Kier molecular flexibility index (Phi) is 5.69. The molecule has 0 aliphatic rings. The van der Waals surface area contributed by atoms with Gasteiger partial charge in [-0.05, 0) is 0 Å². The van der Waals surface area contributed by atoms with Crippen LogP contribution in [0.25, 0.3) is 0 Å². The van der Waals surface area contributed by atoms with Crippen LogP contribution in [0.1, 0.15) is 1.43 Å². The number of carbonyl (C=O) groups excluding carboxylic acids is 1. The zero-order valence-electron chi connectivity index (χ0n) is 5.86.